The van der Waals surface area contributed by atoms with E-state index in [0.717, 1.165) is 23.5 Å². The lowest BCUT2D eigenvalue weighted by molar-refractivity contribution is 0.301. The van der Waals surface area contributed by atoms with Crippen LogP contribution in [0.3, 0.4) is 0 Å². The maximum Gasteiger partial charge on any atom is 0.137 e. The third-order valence-corrected chi connectivity index (χ3v) is 3.29. The molecule has 0 radical (unpaired) electrons. The highest BCUT2D eigenvalue weighted by atomic mass is 79.9. The second-order valence-corrected chi connectivity index (χ2v) is 5.21. The Morgan fingerprint density at radius 2 is 1.65 bits per heavy atom. The largest absolute Gasteiger partial charge is 0.494 e. The van der Waals surface area contributed by atoms with Crippen molar-refractivity contribution in [1.29, 1.82) is 0 Å². The van der Waals surface area contributed by atoms with Crippen LogP contribution < -0.4 is 9.47 Å². The van der Waals surface area contributed by atoms with Crippen molar-refractivity contribution in [1.82, 2.24) is 0 Å². The van der Waals surface area contributed by atoms with E-state index in [4.69, 9.17) is 9.47 Å². The molecule has 0 aromatic heterocycles. The molecule has 2 aromatic rings. The number of hydrogen-bond acceptors (Lipinski definition) is 2. The van der Waals surface area contributed by atoms with Gasteiger partial charge in [0.25, 0.3) is 0 Å². The molecule has 2 rings (SSSR count). The monoisotopic (exact) mass is 338 g/mol. The van der Waals surface area contributed by atoms with Crippen molar-refractivity contribution in [3.8, 4) is 11.5 Å². The Morgan fingerprint density at radius 3 is 2.25 bits per heavy atom. The minimum absolute atomic E-state index is 0.272. The quantitative estimate of drug-likeness (QED) is 0.741. The molecule has 0 aliphatic rings. The normalized spacial score (nSPS) is 10.3. The third-order valence-electron chi connectivity index (χ3n) is 2.69. The first kappa shape index (κ1) is 14.9. The Hall–Kier alpha value is -1.55. The summed E-state index contributed by atoms with van der Waals surface area (Å²) >= 11 is 3.16. The number of benzene rings is 2. The molecule has 0 heterocycles. The van der Waals surface area contributed by atoms with Crippen molar-refractivity contribution >= 4 is 15.9 Å². The fraction of sp³-hybridized carbons (Fsp3) is 0.250. The summed E-state index contributed by atoms with van der Waals surface area (Å²) in [5, 5.41) is 0. The van der Waals surface area contributed by atoms with Gasteiger partial charge in [-0.3, -0.25) is 0 Å². The predicted molar refractivity (Wildman–Crippen MR) is 80.7 cm³/mol. The summed E-state index contributed by atoms with van der Waals surface area (Å²) in [5.41, 5.74) is 0.907. The van der Waals surface area contributed by atoms with Gasteiger partial charge >= 0.3 is 0 Å². The van der Waals surface area contributed by atoms with E-state index in [9.17, 15) is 4.39 Å². The fourth-order valence-corrected chi connectivity index (χ4v) is 2.07. The fourth-order valence-electron chi connectivity index (χ4n) is 1.65. The van der Waals surface area contributed by atoms with Crippen LogP contribution in [0.25, 0.3) is 0 Å². The topological polar surface area (TPSA) is 18.5 Å². The first-order valence-electron chi connectivity index (χ1n) is 6.48. The highest BCUT2D eigenvalue weighted by molar-refractivity contribution is 9.10. The van der Waals surface area contributed by atoms with Gasteiger partial charge in [-0.15, -0.1) is 0 Å². The molecule has 0 spiro atoms. The van der Waals surface area contributed by atoms with Gasteiger partial charge in [0.2, 0.25) is 0 Å². The number of halogens is 2. The average molecular weight is 339 g/mol. The zero-order valence-corrected chi connectivity index (χ0v) is 12.8. The number of rotatable bonds is 6. The molecule has 2 aromatic carbocycles. The van der Waals surface area contributed by atoms with Crippen molar-refractivity contribution < 1.29 is 13.9 Å². The number of ether oxygens (including phenoxy) is 2. The summed E-state index contributed by atoms with van der Waals surface area (Å²) in [7, 11) is 0. The van der Waals surface area contributed by atoms with Gasteiger partial charge in [0.05, 0.1) is 11.1 Å². The van der Waals surface area contributed by atoms with Gasteiger partial charge in [-0.2, -0.15) is 0 Å². The Kier molecular flexibility index (Phi) is 5.41. The molecule has 4 heteroatoms. The summed E-state index contributed by atoms with van der Waals surface area (Å²) < 4.78 is 24.7. The van der Waals surface area contributed by atoms with Gasteiger partial charge in [0, 0.05) is 0 Å². The Bertz CT molecular complexity index is 555. The van der Waals surface area contributed by atoms with Crippen LogP contribution >= 0.6 is 15.9 Å². The van der Waals surface area contributed by atoms with Gasteiger partial charge in [0.15, 0.2) is 0 Å². The molecule has 0 bridgehead atoms. The molecule has 0 saturated heterocycles. The Morgan fingerprint density at radius 1 is 1.00 bits per heavy atom. The maximum absolute atomic E-state index is 13.1. The second kappa shape index (κ2) is 7.29. The zero-order valence-electron chi connectivity index (χ0n) is 11.2. The van der Waals surface area contributed by atoms with Crippen molar-refractivity contribution in [2.24, 2.45) is 0 Å². The van der Waals surface area contributed by atoms with Crippen LogP contribution in [0.5, 0.6) is 11.5 Å². The molecular weight excluding hydrogens is 323 g/mol. The molecule has 106 valence electrons. The molecule has 0 amide bonds. The minimum Gasteiger partial charge on any atom is -0.494 e. The first-order valence-corrected chi connectivity index (χ1v) is 7.28. The molecule has 0 aliphatic heterocycles. The maximum atomic E-state index is 13.1. The van der Waals surface area contributed by atoms with Crippen LogP contribution in [0.4, 0.5) is 4.39 Å². The lowest BCUT2D eigenvalue weighted by Gasteiger charge is -2.08. The van der Waals surface area contributed by atoms with Crippen LogP contribution in [-0.2, 0) is 6.61 Å². The van der Waals surface area contributed by atoms with E-state index in [0.29, 0.717) is 17.7 Å². The summed E-state index contributed by atoms with van der Waals surface area (Å²) in [4.78, 5) is 0. The van der Waals surface area contributed by atoms with E-state index in [1.165, 1.54) is 6.07 Å². The van der Waals surface area contributed by atoms with E-state index in [2.05, 4.69) is 22.9 Å². The molecule has 2 nitrogen and oxygen atoms in total. The molecule has 0 fully saturated rings. The van der Waals surface area contributed by atoms with Crippen LogP contribution in [0.2, 0.25) is 0 Å². The van der Waals surface area contributed by atoms with Crippen LogP contribution in [0.1, 0.15) is 18.9 Å². The van der Waals surface area contributed by atoms with E-state index in [-0.39, 0.29) is 5.82 Å². The summed E-state index contributed by atoms with van der Waals surface area (Å²) in [6, 6.07) is 12.3. The molecule has 0 N–H and O–H groups in total. The standard InChI is InChI=1S/C16H16BrFO2/c1-2-9-19-13-4-6-14(7-5-13)20-11-12-3-8-16(18)15(17)10-12/h3-8,10H,2,9,11H2,1H3. The molecule has 0 atom stereocenters. The molecule has 20 heavy (non-hydrogen) atoms. The second-order valence-electron chi connectivity index (χ2n) is 4.36. The summed E-state index contributed by atoms with van der Waals surface area (Å²) in [5.74, 6) is 1.32. The van der Waals surface area contributed by atoms with E-state index >= 15 is 0 Å². The van der Waals surface area contributed by atoms with Gasteiger partial charge in [0.1, 0.15) is 23.9 Å². The van der Waals surface area contributed by atoms with Crippen molar-refractivity contribution in [2.75, 3.05) is 6.61 Å². The van der Waals surface area contributed by atoms with Crippen LogP contribution in [0.15, 0.2) is 46.9 Å². The zero-order chi connectivity index (χ0) is 14.4. The van der Waals surface area contributed by atoms with Gasteiger partial charge in [-0.25, -0.2) is 4.39 Å². The minimum atomic E-state index is -0.272. The lowest BCUT2D eigenvalue weighted by Crippen LogP contribution is -1.97. The molecule has 0 saturated carbocycles. The van der Waals surface area contributed by atoms with E-state index in [1.807, 2.05) is 24.3 Å². The Balaban J connectivity index is 1.91. The van der Waals surface area contributed by atoms with Gasteiger partial charge in [-0.05, 0) is 64.3 Å². The number of hydrogen-bond donors (Lipinski definition) is 0. The molecule has 0 aliphatic carbocycles. The highest BCUT2D eigenvalue weighted by Gasteiger charge is 2.02. The van der Waals surface area contributed by atoms with Crippen LogP contribution in [0, 0.1) is 5.82 Å². The summed E-state index contributed by atoms with van der Waals surface area (Å²) in [6.07, 6.45) is 0.984. The first-order chi connectivity index (χ1) is 9.69. The van der Waals surface area contributed by atoms with E-state index in [1.54, 1.807) is 12.1 Å². The molecular formula is C16H16BrFO2. The van der Waals surface area contributed by atoms with Crippen molar-refractivity contribution in [3.63, 3.8) is 0 Å². The average Bonchev–Trinajstić information content (AvgIpc) is 2.47. The third kappa shape index (κ3) is 4.23. The highest BCUT2D eigenvalue weighted by Crippen LogP contribution is 2.21. The predicted octanol–water partition coefficient (Wildman–Crippen LogP) is 4.96. The Labute approximate surface area is 126 Å². The van der Waals surface area contributed by atoms with Crippen molar-refractivity contribution in [3.05, 3.63) is 58.3 Å². The van der Waals surface area contributed by atoms with Crippen molar-refractivity contribution in [2.45, 2.75) is 20.0 Å². The van der Waals surface area contributed by atoms with Gasteiger partial charge in [-0.1, -0.05) is 13.0 Å². The van der Waals surface area contributed by atoms with E-state index < -0.39 is 0 Å². The van der Waals surface area contributed by atoms with Gasteiger partial charge < -0.3 is 9.47 Å². The smallest absolute Gasteiger partial charge is 0.137 e. The summed E-state index contributed by atoms with van der Waals surface area (Å²) in [6.45, 7) is 3.18. The van der Waals surface area contributed by atoms with Crippen LogP contribution in [-0.4, -0.2) is 6.61 Å². The lowest BCUT2D eigenvalue weighted by atomic mass is 10.2. The molecule has 0 unspecified atom stereocenters. The SMILES string of the molecule is CCCOc1ccc(OCc2ccc(F)c(Br)c2)cc1.